The van der Waals surface area contributed by atoms with E-state index in [1.165, 1.54) is 18.4 Å². The highest BCUT2D eigenvalue weighted by atomic mass is 32.2. The summed E-state index contributed by atoms with van der Waals surface area (Å²) in [7, 11) is -3.17. The molecule has 2 aromatic rings. The molecule has 0 amide bonds. The number of sulfone groups is 1. The van der Waals surface area contributed by atoms with Crippen molar-refractivity contribution in [2.45, 2.75) is 4.90 Å². The van der Waals surface area contributed by atoms with Gasteiger partial charge in [-0.15, -0.1) is 0 Å². The average Bonchev–Trinajstić information content (AvgIpc) is 2.36. The third kappa shape index (κ3) is 3.76. The minimum atomic E-state index is -3.17. The molecule has 0 aliphatic carbocycles. The first-order valence-electron chi connectivity index (χ1n) is 5.69. The highest BCUT2D eigenvalue weighted by Gasteiger charge is 2.04. The average molecular weight is 276 g/mol. The Morgan fingerprint density at radius 1 is 0.947 bits per heavy atom. The quantitative estimate of drug-likeness (QED) is 0.805. The maximum absolute atomic E-state index is 13.0. The van der Waals surface area contributed by atoms with E-state index in [0.717, 1.165) is 11.1 Å². The van der Waals surface area contributed by atoms with Gasteiger partial charge in [-0.05, 0) is 35.4 Å². The Balaban J connectivity index is 2.20. The fourth-order valence-electron chi connectivity index (χ4n) is 1.63. The summed E-state index contributed by atoms with van der Waals surface area (Å²) in [5.74, 6) is -0.283. The SMILES string of the molecule is CS(=O)(=O)c1ccc(/C=C/c2cccc(F)c2)cc1. The number of rotatable bonds is 3. The van der Waals surface area contributed by atoms with Crippen LogP contribution in [0.4, 0.5) is 4.39 Å². The lowest BCUT2D eigenvalue weighted by Gasteiger charge is -1.99. The molecule has 0 aromatic heterocycles. The largest absolute Gasteiger partial charge is 0.224 e. The van der Waals surface area contributed by atoms with Gasteiger partial charge in [0.2, 0.25) is 0 Å². The van der Waals surface area contributed by atoms with E-state index in [1.54, 1.807) is 48.6 Å². The molecule has 4 heteroatoms. The molecule has 19 heavy (non-hydrogen) atoms. The molecule has 0 saturated heterocycles. The molecule has 0 atom stereocenters. The molecule has 2 nitrogen and oxygen atoms in total. The second kappa shape index (κ2) is 5.36. The van der Waals surface area contributed by atoms with Crippen molar-refractivity contribution < 1.29 is 12.8 Å². The van der Waals surface area contributed by atoms with Gasteiger partial charge >= 0.3 is 0 Å². The van der Waals surface area contributed by atoms with Crippen LogP contribution >= 0.6 is 0 Å². The Kier molecular flexibility index (Phi) is 3.81. The van der Waals surface area contributed by atoms with Gasteiger partial charge in [-0.25, -0.2) is 12.8 Å². The summed E-state index contributed by atoms with van der Waals surface area (Å²) in [6, 6.07) is 12.8. The summed E-state index contributed by atoms with van der Waals surface area (Å²) in [5, 5.41) is 0. The fraction of sp³-hybridized carbons (Fsp3) is 0.0667. The summed E-state index contributed by atoms with van der Waals surface area (Å²) < 4.78 is 35.6. The molecule has 0 fully saturated rings. The zero-order chi connectivity index (χ0) is 13.9. The van der Waals surface area contributed by atoms with Crippen LogP contribution in [0.1, 0.15) is 11.1 Å². The lowest BCUT2D eigenvalue weighted by molar-refractivity contribution is 0.602. The smallest absolute Gasteiger partial charge is 0.175 e. The van der Waals surface area contributed by atoms with Crippen LogP contribution in [-0.4, -0.2) is 14.7 Å². The van der Waals surface area contributed by atoms with E-state index < -0.39 is 9.84 Å². The van der Waals surface area contributed by atoms with Crippen LogP contribution in [0.15, 0.2) is 53.4 Å². The third-order valence-corrected chi connectivity index (χ3v) is 3.75. The zero-order valence-corrected chi connectivity index (χ0v) is 11.2. The van der Waals surface area contributed by atoms with Crippen LogP contribution in [-0.2, 0) is 9.84 Å². The van der Waals surface area contributed by atoms with Gasteiger partial charge in [-0.3, -0.25) is 0 Å². The normalized spacial score (nSPS) is 11.9. The second-order valence-electron chi connectivity index (χ2n) is 4.23. The van der Waals surface area contributed by atoms with Gasteiger partial charge in [0.15, 0.2) is 9.84 Å². The molecule has 0 spiro atoms. The maximum Gasteiger partial charge on any atom is 0.175 e. The van der Waals surface area contributed by atoms with Crippen molar-refractivity contribution >= 4 is 22.0 Å². The van der Waals surface area contributed by atoms with Crippen molar-refractivity contribution in [3.05, 3.63) is 65.5 Å². The van der Waals surface area contributed by atoms with Gasteiger partial charge in [0.05, 0.1) is 4.90 Å². The molecule has 0 radical (unpaired) electrons. The molecule has 0 bridgehead atoms. The van der Waals surface area contributed by atoms with E-state index in [9.17, 15) is 12.8 Å². The van der Waals surface area contributed by atoms with Crippen LogP contribution in [0.3, 0.4) is 0 Å². The van der Waals surface area contributed by atoms with Gasteiger partial charge in [0, 0.05) is 6.26 Å². The van der Waals surface area contributed by atoms with E-state index in [2.05, 4.69) is 0 Å². The van der Waals surface area contributed by atoms with Gasteiger partial charge in [-0.1, -0.05) is 36.4 Å². The molecule has 0 heterocycles. The molecule has 0 aliphatic rings. The Hall–Kier alpha value is -1.94. The lowest BCUT2D eigenvalue weighted by Crippen LogP contribution is -1.95. The van der Waals surface area contributed by atoms with Crippen molar-refractivity contribution in [2.75, 3.05) is 6.26 Å². The molecule has 0 saturated carbocycles. The van der Waals surface area contributed by atoms with Gasteiger partial charge < -0.3 is 0 Å². The molecule has 0 unspecified atom stereocenters. The molecule has 98 valence electrons. The molecule has 0 aliphatic heterocycles. The van der Waals surface area contributed by atoms with Crippen molar-refractivity contribution in [3.63, 3.8) is 0 Å². The van der Waals surface area contributed by atoms with E-state index in [1.807, 2.05) is 0 Å². The van der Waals surface area contributed by atoms with E-state index >= 15 is 0 Å². The zero-order valence-electron chi connectivity index (χ0n) is 10.4. The summed E-state index contributed by atoms with van der Waals surface area (Å²) in [5.41, 5.74) is 1.61. The first kappa shape index (κ1) is 13.5. The standard InChI is InChI=1S/C15H13FO2S/c1-19(17,18)15-9-7-12(8-10-15)5-6-13-3-2-4-14(16)11-13/h2-11H,1H3/b6-5+. The van der Waals surface area contributed by atoms with Crippen molar-refractivity contribution in [2.24, 2.45) is 0 Å². The molecule has 2 rings (SSSR count). The summed E-state index contributed by atoms with van der Waals surface area (Å²) in [6.45, 7) is 0. The van der Waals surface area contributed by atoms with Gasteiger partial charge in [0.25, 0.3) is 0 Å². The van der Waals surface area contributed by atoms with Gasteiger partial charge in [-0.2, -0.15) is 0 Å². The second-order valence-corrected chi connectivity index (χ2v) is 6.25. The van der Waals surface area contributed by atoms with Crippen LogP contribution in [0.5, 0.6) is 0 Å². The minimum Gasteiger partial charge on any atom is -0.224 e. The Morgan fingerprint density at radius 3 is 2.16 bits per heavy atom. The highest BCUT2D eigenvalue weighted by molar-refractivity contribution is 7.90. The topological polar surface area (TPSA) is 34.1 Å². The van der Waals surface area contributed by atoms with E-state index in [-0.39, 0.29) is 10.7 Å². The van der Waals surface area contributed by atoms with Crippen molar-refractivity contribution in [1.29, 1.82) is 0 Å². The number of halogens is 1. The number of hydrogen-bond donors (Lipinski definition) is 0. The Morgan fingerprint density at radius 2 is 1.58 bits per heavy atom. The van der Waals surface area contributed by atoms with Crippen molar-refractivity contribution in [3.8, 4) is 0 Å². The predicted octanol–water partition coefficient (Wildman–Crippen LogP) is 3.40. The number of benzene rings is 2. The third-order valence-electron chi connectivity index (χ3n) is 2.63. The molecular formula is C15H13FO2S. The van der Waals surface area contributed by atoms with E-state index in [0.29, 0.717) is 0 Å². The molecule has 2 aromatic carbocycles. The minimum absolute atomic E-state index is 0.283. The van der Waals surface area contributed by atoms with Gasteiger partial charge in [0.1, 0.15) is 5.82 Å². The van der Waals surface area contributed by atoms with E-state index in [4.69, 9.17) is 0 Å². The summed E-state index contributed by atoms with van der Waals surface area (Å²) >= 11 is 0. The molecular weight excluding hydrogens is 263 g/mol. The Bertz CT molecular complexity index is 701. The highest BCUT2D eigenvalue weighted by Crippen LogP contribution is 2.13. The summed E-state index contributed by atoms with van der Waals surface area (Å²) in [4.78, 5) is 0.287. The van der Waals surface area contributed by atoms with Crippen LogP contribution in [0.2, 0.25) is 0 Å². The number of hydrogen-bond acceptors (Lipinski definition) is 2. The monoisotopic (exact) mass is 276 g/mol. The predicted molar refractivity (Wildman–Crippen MR) is 74.9 cm³/mol. The Labute approximate surface area is 112 Å². The lowest BCUT2D eigenvalue weighted by atomic mass is 10.1. The van der Waals surface area contributed by atoms with Crippen LogP contribution in [0, 0.1) is 5.82 Å². The first-order valence-corrected chi connectivity index (χ1v) is 7.58. The summed E-state index contributed by atoms with van der Waals surface area (Å²) in [6.07, 6.45) is 4.75. The maximum atomic E-state index is 13.0. The van der Waals surface area contributed by atoms with Crippen LogP contribution < -0.4 is 0 Å². The van der Waals surface area contributed by atoms with Crippen molar-refractivity contribution in [1.82, 2.24) is 0 Å². The molecule has 0 N–H and O–H groups in total. The van der Waals surface area contributed by atoms with Crippen LogP contribution in [0.25, 0.3) is 12.2 Å². The fourth-order valence-corrected chi connectivity index (χ4v) is 2.26. The first-order chi connectivity index (χ1) is 8.95.